The van der Waals surface area contributed by atoms with Crippen LogP contribution in [0.3, 0.4) is 0 Å². The number of nitrogens with two attached hydrogens (primary N) is 2. The maximum Gasteiger partial charge on any atom is 0.315 e. The van der Waals surface area contributed by atoms with Crippen LogP contribution in [-0.2, 0) is 4.79 Å². The van der Waals surface area contributed by atoms with E-state index in [1.54, 1.807) is 12.2 Å². The Hall–Kier alpha value is -1.13. The second kappa shape index (κ2) is 3.72. The average Bonchev–Trinajstić information content (AvgIpc) is 2.17. The van der Waals surface area contributed by atoms with Gasteiger partial charge in [0, 0.05) is 13.1 Å². The van der Waals surface area contributed by atoms with Crippen LogP contribution in [0.4, 0.5) is 0 Å². The number of carboxylic acid groups (broad SMARTS) is 1. The fourth-order valence-electron chi connectivity index (χ4n) is 1.41. The van der Waals surface area contributed by atoms with Gasteiger partial charge in [0.1, 0.15) is 5.41 Å². The summed E-state index contributed by atoms with van der Waals surface area (Å²) in [5.41, 5.74) is 10.9. The molecule has 1 unspecified atom stereocenters. The van der Waals surface area contributed by atoms with Gasteiger partial charge in [-0.05, 0) is 6.42 Å². The predicted octanol–water partition coefficient (Wildman–Crippen LogP) is -0.139. The third kappa shape index (κ3) is 1.79. The molecule has 4 nitrogen and oxygen atoms in total. The minimum Gasteiger partial charge on any atom is -0.481 e. The smallest absolute Gasteiger partial charge is 0.315 e. The number of allylic oxidation sites excluding steroid dienone is 2. The summed E-state index contributed by atoms with van der Waals surface area (Å²) in [4.78, 5) is 11.0. The summed E-state index contributed by atoms with van der Waals surface area (Å²) in [5.74, 6) is -0.884. The van der Waals surface area contributed by atoms with Crippen LogP contribution in [0.2, 0.25) is 0 Å². The third-order valence-electron chi connectivity index (χ3n) is 2.34. The number of hydrogen-bond donors (Lipinski definition) is 3. The Morgan fingerprint density at radius 2 is 2.31 bits per heavy atom. The van der Waals surface area contributed by atoms with E-state index in [1.807, 2.05) is 6.08 Å². The van der Waals surface area contributed by atoms with Gasteiger partial charge >= 0.3 is 5.97 Å². The zero-order valence-electron chi connectivity index (χ0n) is 7.36. The van der Waals surface area contributed by atoms with Crippen LogP contribution in [0, 0.1) is 5.41 Å². The second-order valence-corrected chi connectivity index (χ2v) is 3.23. The van der Waals surface area contributed by atoms with Crippen LogP contribution >= 0.6 is 0 Å². The number of rotatable bonds is 3. The monoisotopic (exact) mass is 182 g/mol. The Morgan fingerprint density at radius 3 is 2.77 bits per heavy atom. The number of aliphatic carboxylic acids is 1. The van der Waals surface area contributed by atoms with Gasteiger partial charge in [0.05, 0.1) is 0 Å². The lowest BCUT2D eigenvalue weighted by Gasteiger charge is -2.27. The topological polar surface area (TPSA) is 89.3 Å². The van der Waals surface area contributed by atoms with E-state index in [-0.39, 0.29) is 6.54 Å². The first-order valence-electron chi connectivity index (χ1n) is 4.15. The highest BCUT2D eigenvalue weighted by Crippen LogP contribution is 2.30. The molecular weight excluding hydrogens is 168 g/mol. The minimum atomic E-state index is -0.941. The number of carbonyl (C=O) groups is 1. The fourth-order valence-corrected chi connectivity index (χ4v) is 1.41. The molecule has 1 rings (SSSR count). The van der Waals surface area contributed by atoms with Gasteiger partial charge in [-0.2, -0.15) is 0 Å². The van der Waals surface area contributed by atoms with Crippen molar-refractivity contribution in [3.05, 3.63) is 23.8 Å². The normalized spacial score (nSPS) is 27.1. The Kier molecular flexibility index (Phi) is 2.85. The van der Waals surface area contributed by atoms with Crippen molar-refractivity contribution in [2.75, 3.05) is 13.1 Å². The second-order valence-electron chi connectivity index (χ2n) is 3.23. The summed E-state index contributed by atoms with van der Waals surface area (Å²) >= 11 is 0. The van der Waals surface area contributed by atoms with Gasteiger partial charge in [0.2, 0.25) is 0 Å². The zero-order chi connectivity index (χ0) is 9.90. The van der Waals surface area contributed by atoms with Gasteiger partial charge in [-0.15, -0.1) is 0 Å². The van der Waals surface area contributed by atoms with Crippen molar-refractivity contribution in [3.8, 4) is 0 Å². The molecule has 0 aromatic carbocycles. The van der Waals surface area contributed by atoms with Gasteiger partial charge in [-0.25, -0.2) is 0 Å². The highest BCUT2D eigenvalue weighted by Gasteiger charge is 2.36. The molecule has 0 saturated carbocycles. The van der Waals surface area contributed by atoms with Crippen LogP contribution in [0.25, 0.3) is 0 Å². The van der Waals surface area contributed by atoms with Crippen LogP contribution in [0.1, 0.15) is 6.42 Å². The molecule has 0 spiro atoms. The molecule has 72 valence electrons. The molecule has 0 saturated heterocycles. The summed E-state index contributed by atoms with van der Waals surface area (Å²) in [6.45, 7) is 0.496. The molecule has 1 atom stereocenters. The minimum absolute atomic E-state index is 0.107. The van der Waals surface area contributed by atoms with Crippen molar-refractivity contribution < 1.29 is 9.90 Å². The van der Waals surface area contributed by atoms with E-state index in [1.165, 1.54) is 0 Å². The lowest BCUT2D eigenvalue weighted by Crippen LogP contribution is -2.38. The van der Waals surface area contributed by atoms with E-state index in [9.17, 15) is 4.79 Å². The molecule has 5 N–H and O–H groups in total. The van der Waals surface area contributed by atoms with Gasteiger partial charge in [0.25, 0.3) is 0 Å². The molecule has 0 aliphatic heterocycles. The van der Waals surface area contributed by atoms with Crippen molar-refractivity contribution in [2.24, 2.45) is 16.9 Å². The first-order chi connectivity index (χ1) is 6.14. The van der Waals surface area contributed by atoms with Crippen LogP contribution < -0.4 is 11.5 Å². The first kappa shape index (κ1) is 9.95. The Balaban J connectivity index is 2.89. The summed E-state index contributed by atoms with van der Waals surface area (Å²) in [6.07, 6.45) is 5.61. The molecule has 0 radical (unpaired) electrons. The molecule has 1 aliphatic carbocycles. The standard InChI is InChI=1S/C9H14N2O2/c10-5-7-2-1-3-9(4-7,6-11)8(12)13/h1-3H,4-6,10-11H2,(H,12,13). The van der Waals surface area contributed by atoms with E-state index in [2.05, 4.69) is 0 Å². The van der Waals surface area contributed by atoms with E-state index in [4.69, 9.17) is 16.6 Å². The fraction of sp³-hybridized carbons (Fsp3) is 0.444. The summed E-state index contributed by atoms with van der Waals surface area (Å²) in [7, 11) is 0. The van der Waals surface area contributed by atoms with E-state index in [0.717, 1.165) is 5.57 Å². The zero-order valence-corrected chi connectivity index (χ0v) is 7.36. The molecule has 13 heavy (non-hydrogen) atoms. The molecule has 4 heteroatoms. The van der Waals surface area contributed by atoms with E-state index in [0.29, 0.717) is 13.0 Å². The maximum absolute atomic E-state index is 11.0. The number of carboxylic acids is 1. The van der Waals surface area contributed by atoms with Crippen molar-refractivity contribution >= 4 is 5.97 Å². The van der Waals surface area contributed by atoms with E-state index < -0.39 is 11.4 Å². The van der Waals surface area contributed by atoms with Crippen molar-refractivity contribution in [2.45, 2.75) is 6.42 Å². The quantitative estimate of drug-likeness (QED) is 0.566. The number of hydrogen-bond acceptors (Lipinski definition) is 3. The largest absolute Gasteiger partial charge is 0.481 e. The maximum atomic E-state index is 11.0. The molecule has 0 aromatic heterocycles. The molecule has 0 aromatic rings. The highest BCUT2D eigenvalue weighted by atomic mass is 16.4. The molecule has 1 aliphatic rings. The lowest BCUT2D eigenvalue weighted by molar-refractivity contribution is -0.145. The molecule has 0 heterocycles. The van der Waals surface area contributed by atoms with Crippen LogP contribution in [-0.4, -0.2) is 24.2 Å². The van der Waals surface area contributed by atoms with Crippen molar-refractivity contribution in [1.29, 1.82) is 0 Å². The third-order valence-corrected chi connectivity index (χ3v) is 2.34. The summed E-state index contributed by atoms with van der Waals surface area (Å²) < 4.78 is 0. The molecule has 0 amide bonds. The Bertz CT molecular complexity index is 271. The van der Waals surface area contributed by atoms with Crippen LogP contribution in [0.5, 0.6) is 0 Å². The summed E-state index contributed by atoms with van der Waals surface area (Å²) in [6, 6.07) is 0. The predicted molar refractivity (Wildman–Crippen MR) is 50.0 cm³/mol. The van der Waals surface area contributed by atoms with Gasteiger partial charge in [-0.3, -0.25) is 4.79 Å². The SMILES string of the molecule is NCC1=CC=CC(CN)(C(=O)O)C1. The Morgan fingerprint density at radius 1 is 1.62 bits per heavy atom. The lowest BCUT2D eigenvalue weighted by atomic mass is 9.78. The summed E-state index contributed by atoms with van der Waals surface area (Å²) in [5, 5.41) is 9.00. The first-order valence-corrected chi connectivity index (χ1v) is 4.15. The van der Waals surface area contributed by atoms with E-state index >= 15 is 0 Å². The van der Waals surface area contributed by atoms with Gasteiger partial charge < -0.3 is 16.6 Å². The van der Waals surface area contributed by atoms with Crippen molar-refractivity contribution in [1.82, 2.24) is 0 Å². The average molecular weight is 182 g/mol. The van der Waals surface area contributed by atoms with Crippen molar-refractivity contribution in [3.63, 3.8) is 0 Å². The Labute approximate surface area is 76.9 Å². The van der Waals surface area contributed by atoms with Gasteiger partial charge in [0.15, 0.2) is 0 Å². The highest BCUT2D eigenvalue weighted by molar-refractivity contribution is 5.78. The molecular formula is C9H14N2O2. The van der Waals surface area contributed by atoms with Gasteiger partial charge in [-0.1, -0.05) is 23.8 Å². The van der Waals surface area contributed by atoms with Crippen LogP contribution in [0.15, 0.2) is 23.8 Å². The molecule has 0 bridgehead atoms. The molecule has 0 fully saturated rings.